The summed E-state index contributed by atoms with van der Waals surface area (Å²) in [5.74, 6) is 0.0431. The standard InChI is InChI=1S/C29H32N4O2/c1-21-9-3-6-12-26(21)31-29(35)30-24-13-14-27(25(19-24)28(34)32-16-7-2-8-17-32)33-18-15-22-10-4-5-11-23(22)20-33/h3-6,9-14,19H,2,7-8,15-18,20H2,1H3,(H2,30,31,35). The highest BCUT2D eigenvalue weighted by molar-refractivity contribution is 6.04. The molecule has 180 valence electrons. The predicted molar refractivity (Wildman–Crippen MR) is 141 cm³/mol. The number of nitrogens with one attached hydrogen (secondary N) is 2. The fourth-order valence-electron chi connectivity index (χ4n) is 5.03. The van der Waals surface area contributed by atoms with Crippen LogP contribution in [0.3, 0.4) is 0 Å². The number of fused-ring (bicyclic) bond motifs is 1. The number of piperidine rings is 1. The molecule has 6 heteroatoms. The van der Waals surface area contributed by atoms with Crippen LogP contribution in [0.15, 0.2) is 66.7 Å². The van der Waals surface area contributed by atoms with Gasteiger partial charge in [0.2, 0.25) is 0 Å². The van der Waals surface area contributed by atoms with Crippen LogP contribution < -0.4 is 15.5 Å². The van der Waals surface area contributed by atoms with Crippen LogP contribution in [-0.4, -0.2) is 36.5 Å². The molecule has 3 amide bonds. The second kappa shape index (κ2) is 10.2. The van der Waals surface area contributed by atoms with Gasteiger partial charge in [-0.2, -0.15) is 0 Å². The minimum atomic E-state index is -0.324. The van der Waals surface area contributed by atoms with E-state index in [1.807, 2.05) is 54.3 Å². The van der Waals surface area contributed by atoms with E-state index in [2.05, 4.69) is 39.8 Å². The second-order valence-electron chi connectivity index (χ2n) is 9.42. The number of nitrogens with zero attached hydrogens (tertiary/aromatic N) is 2. The Morgan fingerprint density at radius 1 is 0.800 bits per heavy atom. The minimum absolute atomic E-state index is 0.0431. The number of urea groups is 1. The Morgan fingerprint density at radius 2 is 1.54 bits per heavy atom. The highest BCUT2D eigenvalue weighted by atomic mass is 16.2. The number of aryl methyl sites for hydroxylation is 1. The Labute approximate surface area is 206 Å². The maximum Gasteiger partial charge on any atom is 0.323 e. The molecule has 3 aromatic carbocycles. The minimum Gasteiger partial charge on any atom is -0.366 e. The SMILES string of the molecule is Cc1ccccc1NC(=O)Nc1ccc(N2CCc3ccccc3C2)c(C(=O)N2CCCCC2)c1. The van der Waals surface area contributed by atoms with Crippen molar-refractivity contribution in [1.29, 1.82) is 0 Å². The number of likely N-dealkylation sites (tertiary alicyclic amines) is 1. The van der Waals surface area contributed by atoms with Crippen LogP contribution in [0.25, 0.3) is 0 Å². The van der Waals surface area contributed by atoms with E-state index in [0.717, 1.165) is 62.4 Å². The summed E-state index contributed by atoms with van der Waals surface area (Å²) in [6.07, 6.45) is 4.19. The first-order valence-corrected chi connectivity index (χ1v) is 12.5. The average molecular weight is 469 g/mol. The van der Waals surface area contributed by atoms with Crippen LogP contribution >= 0.6 is 0 Å². The van der Waals surface area contributed by atoms with Gasteiger partial charge in [-0.05, 0) is 73.6 Å². The van der Waals surface area contributed by atoms with E-state index in [1.54, 1.807) is 0 Å². The van der Waals surface area contributed by atoms with Crippen LogP contribution in [0.5, 0.6) is 0 Å². The van der Waals surface area contributed by atoms with Crippen molar-refractivity contribution in [2.45, 2.75) is 39.2 Å². The summed E-state index contributed by atoms with van der Waals surface area (Å²) in [5, 5.41) is 5.83. The molecule has 2 heterocycles. The van der Waals surface area contributed by atoms with E-state index < -0.39 is 0 Å². The van der Waals surface area contributed by atoms with Crippen molar-refractivity contribution in [2.75, 3.05) is 35.2 Å². The summed E-state index contributed by atoms with van der Waals surface area (Å²) in [6.45, 7) is 5.16. The number of hydrogen-bond donors (Lipinski definition) is 2. The topological polar surface area (TPSA) is 64.7 Å². The largest absolute Gasteiger partial charge is 0.366 e. The smallest absolute Gasteiger partial charge is 0.323 e. The highest BCUT2D eigenvalue weighted by Gasteiger charge is 2.25. The molecule has 0 radical (unpaired) electrons. The average Bonchev–Trinajstić information content (AvgIpc) is 2.90. The van der Waals surface area contributed by atoms with Gasteiger partial charge in [0.25, 0.3) is 5.91 Å². The fraction of sp³-hybridized carbons (Fsp3) is 0.310. The summed E-state index contributed by atoms with van der Waals surface area (Å²) >= 11 is 0. The Bertz CT molecular complexity index is 1230. The van der Waals surface area contributed by atoms with Gasteiger partial charge >= 0.3 is 6.03 Å². The van der Waals surface area contributed by atoms with Gasteiger partial charge in [0.15, 0.2) is 0 Å². The number of rotatable bonds is 4. The van der Waals surface area contributed by atoms with Crippen molar-refractivity contribution >= 4 is 29.0 Å². The molecule has 3 aromatic rings. The number of amides is 3. The normalized spacial score (nSPS) is 15.3. The molecular weight excluding hydrogens is 436 g/mol. The number of hydrogen-bond acceptors (Lipinski definition) is 3. The van der Waals surface area contributed by atoms with Crippen LogP contribution in [0.1, 0.15) is 46.3 Å². The molecular formula is C29H32N4O2. The molecule has 5 rings (SSSR count). The molecule has 2 aliphatic heterocycles. The van der Waals surface area contributed by atoms with E-state index in [1.165, 1.54) is 17.5 Å². The van der Waals surface area contributed by atoms with E-state index in [-0.39, 0.29) is 11.9 Å². The summed E-state index contributed by atoms with van der Waals surface area (Å²) in [5.41, 5.74) is 6.62. The molecule has 0 spiro atoms. The molecule has 2 N–H and O–H groups in total. The highest BCUT2D eigenvalue weighted by Crippen LogP contribution is 2.31. The maximum absolute atomic E-state index is 13.7. The molecule has 1 saturated heterocycles. The van der Waals surface area contributed by atoms with Crippen molar-refractivity contribution in [3.05, 3.63) is 89.0 Å². The lowest BCUT2D eigenvalue weighted by molar-refractivity contribution is 0.0725. The first kappa shape index (κ1) is 23.0. The third kappa shape index (κ3) is 5.16. The first-order chi connectivity index (χ1) is 17.1. The van der Waals surface area contributed by atoms with E-state index in [0.29, 0.717) is 11.3 Å². The van der Waals surface area contributed by atoms with Crippen molar-refractivity contribution in [3.8, 4) is 0 Å². The Kier molecular flexibility index (Phi) is 6.70. The number of benzene rings is 3. The molecule has 0 saturated carbocycles. The maximum atomic E-state index is 13.7. The van der Waals surface area contributed by atoms with Gasteiger partial charge < -0.3 is 20.4 Å². The van der Waals surface area contributed by atoms with Crippen molar-refractivity contribution in [2.24, 2.45) is 0 Å². The van der Waals surface area contributed by atoms with E-state index in [4.69, 9.17) is 0 Å². The summed E-state index contributed by atoms with van der Waals surface area (Å²) in [4.78, 5) is 30.6. The quantitative estimate of drug-likeness (QED) is 0.507. The zero-order chi connectivity index (χ0) is 24.2. The van der Waals surface area contributed by atoms with Gasteiger partial charge in [-0.3, -0.25) is 4.79 Å². The molecule has 0 bridgehead atoms. The zero-order valence-corrected chi connectivity index (χ0v) is 20.2. The number of anilines is 3. The Morgan fingerprint density at radius 3 is 2.34 bits per heavy atom. The lowest BCUT2D eigenvalue weighted by Crippen LogP contribution is -2.38. The summed E-state index contributed by atoms with van der Waals surface area (Å²) in [6, 6.07) is 21.6. The Balaban J connectivity index is 1.41. The fourth-order valence-corrected chi connectivity index (χ4v) is 5.03. The van der Waals surface area contributed by atoms with E-state index in [9.17, 15) is 9.59 Å². The monoisotopic (exact) mass is 468 g/mol. The molecule has 6 nitrogen and oxygen atoms in total. The van der Waals surface area contributed by atoms with Gasteiger partial charge in [0, 0.05) is 43.2 Å². The lowest BCUT2D eigenvalue weighted by Gasteiger charge is -2.34. The van der Waals surface area contributed by atoms with Crippen LogP contribution in [-0.2, 0) is 13.0 Å². The Hall–Kier alpha value is -3.80. The van der Waals surface area contributed by atoms with Gasteiger partial charge in [0.05, 0.1) is 5.56 Å². The molecule has 35 heavy (non-hydrogen) atoms. The molecule has 2 aliphatic rings. The van der Waals surface area contributed by atoms with Crippen molar-refractivity contribution in [1.82, 2.24) is 4.90 Å². The third-order valence-electron chi connectivity index (χ3n) is 6.99. The van der Waals surface area contributed by atoms with Gasteiger partial charge in [-0.25, -0.2) is 4.79 Å². The summed E-state index contributed by atoms with van der Waals surface area (Å²) < 4.78 is 0. The van der Waals surface area contributed by atoms with Crippen molar-refractivity contribution in [3.63, 3.8) is 0 Å². The molecule has 0 aromatic heterocycles. The van der Waals surface area contributed by atoms with Gasteiger partial charge in [-0.1, -0.05) is 42.5 Å². The molecule has 0 unspecified atom stereocenters. The number of carbonyl (C=O) groups is 2. The zero-order valence-electron chi connectivity index (χ0n) is 20.2. The second-order valence-corrected chi connectivity index (χ2v) is 9.42. The third-order valence-corrected chi connectivity index (χ3v) is 6.99. The number of carbonyl (C=O) groups excluding carboxylic acids is 2. The van der Waals surface area contributed by atoms with Gasteiger partial charge in [0.1, 0.15) is 0 Å². The molecule has 0 aliphatic carbocycles. The van der Waals surface area contributed by atoms with Crippen LogP contribution in [0, 0.1) is 6.92 Å². The lowest BCUT2D eigenvalue weighted by atomic mass is 9.98. The van der Waals surface area contributed by atoms with Gasteiger partial charge in [-0.15, -0.1) is 0 Å². The van der Waals surface area contributed by atoms with Crippen LogP contribution in [0.4, 0.5) is 21.9 Å². The predicted octanol–water partition coefficient (Wildman–Crippen LogP) is 5.83. The first-order valence-electron chi connectivity index (χ1n) is 12.5. The molecule has 1 fully saturated rings. The van der Waals surface area contributed by atoms with Crippen molar-refractivity contribution < 1.29 is 9.59 Å². The summed E-state index contributed by atoms with van der Waals surface area (Å²) in [7, 11) is 0. The molecule has 0 atom stereocenters. The van der Waals surface area contributed by atoms with E-state index >= 15 is 0 Å². The number of para-hydroxylation sites is 1. The van der Waals surface area contributed by atoms with Crippen LogP contribution in [0.2, 0.25) is 0 Å².